The quantitative estimate of drug-likeness (QED) is 0.481. The Hall–Kier alpha value is -3.51. The summed E-state index contributed by atoms with van der Waals surface area (Å²) in [6, 6.07) is 5.60. The lowest BCUT2D eigenvalue weighted by atomic mass is 9.94. The molecular weight excluding hydrogens is 506 g/mol. The van der Waals surface area contributed by atoms with Crippen molar-refractivity contribution >= 4 is 27.5 Å². The van der Waals surface area contributed by atoms with Gasteiger partial charge in [-0.3, -0.25) is 19.4 Å². The fraction of sp³-hybridized carbons (Fsp3) is 0.360. The number of hydrogen-bond donors (Lipinski definition) is 2. The molecule has 3 aromatic rings. The van der Waals surface area contributed by atoms with Gasteiger partial charge in [0.25, 0.3) is 11.5 Å². The van der Waals surface area contributed by atoms with Crippen molar-refractivity contribution in [3.05, 3.63) is 75.0 Å². The predicted octanol–water partition coefficient (Wildman–Crippen LogP) is 3.15. The largest absolute Gasteiger partial charge is 0.383 e. The highest BCUT2D eigenvalue weighted by atomic mass is 32.3. The molecule has 0 radical (unpaired) electrons. The van der Waals surface area contributed by atoms with Crippen LogP contribution in [0.2, 0.25) is 0 Å². The van der Waals surface area contributed by atoms with Crippen LogP contribution in [0.25, 0.3) is 0 Å². The van der Waals surface area contributed by atoms with Gasteiger partial charge in [0.1, 0.15) is 23.4 Å². The highest BCUT2D eigenvalue weighted by molar-refractivity contribution is 8.32. The van der Waals surface area contributed by atoms with Gasteiger partial charge in [-0.05, 0) is 37.0 Å². The number of methoxy groups -OCH3 is 1. The first-order chi connectivity index (χ1) is 17.5. The summed E-state index contributed by atoms with van der Waals surface area (Å²) in [5, 5.41) is 4.70. The van der Waals surface area contributed by atoms with E-state index in [1.54, 1.807) is 38.0 Å². The Bertz CT molecular complexity index is 1380. The summed E-state index contributed by atoms with van der Waals surface area (Å²) in [7, 11) is -0.151. The molecule has 9 nitrogen and oxygen atoms in total. The molecule has 1 aliphatic heterocycles. The smallest absolute Gasteiger partial charge is 0.280 e. The zero-order chi connectivity index (χ0) is 26.9. The van der Waals surface area contributed by atoms with Crippen LogP contribution in [0.4, 0.5) is 14.5 Å². The molecule has 1 aliphatic rings. The standard InChI is InChI=1S/C25H28F2N4O5S/c1-35-13-14-5-6-17-20(28-14)7-8-31(22(33)12-16-11-21(32)30-36-16)23(17)25(34)29-15-9-18(26)24(19(27)10-15)37(2,3)4/h5-6,9-11,23H,7-8,12-13H2,1-4H3,(H,29,34)(H,30,32)/t23-/m1/s1. The number of aromatic nitrogens is 2. The number of hydrogen-bond acceptors (Lipinski definition) is 6. The normalized spacial score (nSPS) is 15.8. The molecule has 198 valence electrons. The lowest BCUT2D eigenvalue weighted by molar-refractivity contribution is -0.139. The molecule has 37 heavy (non-hydrogen) atoms. The number of ether oxygens (including phenoxy) is 1. The summed E-state index contributed by atoms with van der Waals surface area (Å²) in [5.74, 6) is -2.48. The van der Waals surface area contributed by atoms with E-state index in [0.29, 0.717) is 23.4 Å². The Labute approximate surface area is 213 Å². The number of H-pyrrole nitrogens is 1. The van der Waals surface area contributed by atoms with Gasteiger partial charge < -0.3 is 19.5 Å². The Morgan fingerprint density at radius 2 is 1.92 bits per heavy atom. The van der Waals surface area contributed by atoms with Gasteiger partial charge >= 0.3 is 0 Å². The molecule has 0 unspecified atom stereocenters. The van der Waals surface area contributed by atoms with Gasteiger partial charge in [0.15, 0.2) is 0 Å². The fourth-order valence-corrected chi connectivity index (χ4v) is 5.68. The number of nitrogens with zero attached hydrogens (tertiary/aromatic N) is 2. The molecule has 1 aromatic carbocycles. The third-order valence-corrected chi connectivity index (χ3v) is 7.52. The van der Waals surface area contributed by atoms with Crippen molar-refractivity contribution in [2.75, 3.05) is 37.7 Å². The number of carbonyl (C=O) groups is 2. The van der Waals surface area contributed by atoms with Crippen LogP contribution in [-0.4, -0.2) is 59.3 Å². The summed E-state index contributed by atoms with van der Waals surface area (Å²) < 4.78 is 39.8. The minimum Gasteiger partial charge on any atom is -0.383 e. The second-order valence-electron chi connectivity index (χ2n) is 9.46. The summed E-state index contributed by atoms with van der Waals surface area (Å²) in [6.07, 6.45) is 5.44. The van der Waals surface area contributed by atoms with Gasteiger partial charge in [0.2, 0.25) is 5.91 Å². The monoisotopic (exact) mass is 534 g/mol. The molecule has 1 atom stereocenters. The van der Waals surface area contributed by atoms with E-state index in [2.05, 4.69) is 15.5 Å². The maximum absolute atomic E-state index is 14.8. The lowest BCUT2D eigenvalue weighted by Crippen LogP contribution is -2.46. The third-order valence-electron chi connectivity index (χ3n) is 5.90. The molecule has 0 saturated heterocycles. The molecule has 2 aromatic heterocycles. The molecular formula is C25H28F2N4O5S. The van der Waals surface area contributed by atoms with Gasteiger partial charge in [-0.15, -0.1) is 0 Å². The Balaban J connectivity index is 1.68. The molecule has 0 spiro atoms. The number of aromatic amines is 1. The number of nitrogens with one attached hydrogen (secondary N) is 2. The fourth-order valence-electron chi connectivity index (χ4n) is 4.40. The van der Waals surface area contributed by atoms with E-state index < -0.39 is 45.1 Å². The van der Waals surface area contributed by atoms with Gasteiger partial charge in [-0.25, -0.2) is 18.8 Å². The molecule has 2 amide bonds. The van der Waals surface area contributed by atoms with Crippen molar-refractivity contribution in [3.8, 4) is 0 Å². The van der Waals surface area contributed by atoms with Crippen LogP contribution in [0.3, 0.4) is 0 Å². The van der Waals surface area contributed by atoms with E-state index in [9.17, 15) is 23.2 Å². The minimum absolute atomic E-state index is 0.00631. The number of amides is 2. The Morgan fingerprint density at radius 1 is 1.22 bits per heavy atom. The average molecular weight is 535 g/mol. The molecule has 2 N–H and O–H groups in total. The van der Waals surface area contributed by atoms with Gasteiger partial charge in [-0.1, -0.05) is 6.07 Å². The summed E-state index contributed by atoms with van der Waals surface area (Å²) in [4.78, 5) is 44.0. The van der Waals surface area contributed by atoms with Crippen LogP contribution in [0.15, 0.2) is 44.5 Å². The van der Waals surface area contributed by atoms with E-state index in [0.717, 1.165) is 18.2 Å². The first kappa shape index (κ1) is 26.6. The van der Waals surface area contributed by atoms with E-state index in [4.69, 9.17) is 9.26 Å². The number of fused-ring (bicyclic) bond motifs is 1. The number of benzene rings is 1. The molecule has 0 fully saturated rings. The lowest BCUT2D eigenvalue weighted by Gasteiger charge is -2.36. The number of halogens is 2. The average Bonchev–Trinajstić information content (AvgIpc) is 3.21. The van der Waals surface area contributed by atoms with E-state index in [1.807, 2.05) is 0 Å². The Kier molecular flexibility index (Phi) is 7.51. The zero-order valence-electron chi connectivity index (χ0n) is 20.9. The second-order valence-corrected chi connectivity index (χ2v) is 13.5. The van der Waals surface area contributed by atoms with Crippen LogP contribution < -0.4 is 10.9 Å². The molecule has 0 saturated carbocycles. The number of rotatable bonds is 7. The highest BCUT2D eigenvalue weighted by Crippen LogP contribution is 2.48. The molecule has 0 bridgehead atoms. The van der Waals surface area contributed by atoms with Crippen molar-refractivity contribution in [1.29, 1.82) is 0 Å². The predicted molar refractivity (Wildman–Crippen MR) is 135 cm³/mol. The van der Waals surface area contributed by atoms with E-state index >= 15 is 0 Å². The van der Waals surface area contributed by atoms with Gasteiger partial charge in [-0.2, -0.15) is 5.16 Å². The SMILES string of the molecule is COCc1ccc2c(n1)CCN(C(=O)Cc1cc(=O)[nH]o1)[C@H]2C(=O)Nc1cc(F)c(S(C)(C)C)c(F)c1. The van der Waals surface area contributed by atoms with Crippen LogP contribution >= 0.6 is 10.0 Å². The third kappa shape index (κ3) is 5.75. The minimum atomic E-state index is -1.69. The molecule has 3 heterocycles. The highest BCUT2D eigenvalue weighted by Gasteiger charge is 2.37. The van der Waals surface area contributed by atoms with Crippen molar-refractivity contribution in [1.82, 2.24) is 15.0 Å². The zero-order valence-corrected chi connectivity index (χ0v) is 21.7. The van der Waals surface area contributed by atoms with E-state index in [1.165, 1.54) is 4.90 Å². The topological polar surface area (TPSA) is 118 Å². The maximum atomic E-state index is 14.8. The van der Waals surface area contributed by atoms with Crippen molar-refractivity contribution < 1.29 is 27.6 Å². The van der Waals surface area contributed by atoms with Gasteiger partial charge in [0.05, 0.1) is 23.6 Å². The van der Waals surface area contributed by atoms with E-state index in [-0.39, 0.29) is 35.9 Å². The maximum Gasteiger partial charge on any atom is 0.280 e. The first-order valence-corrected chi connectivity index (χ1v) is 14.3. The number of carbonyl (C=O) groups excluding carboxylic acids is 2. The summed E-state index contributed by atoms with van der Waals surface area (Å²) in [6.45, 7) is 0.442. The van der Waals surface area contributed by atoms with Crippen LogP contribution in [0.1, 0.15) is 28.8 Å². The number of anilines is 1. The second kappa shape index (κ2) is 10.5. The summed E-state index contributed by atoms with van der Waals surface area (Å²) in [5.41, 5.74) is 1.23. The van der Waals surface area contributed by atoms with Crippen molar-refractivity contribution in [3.63, 3.8) is 0 Å². The van der Waals surface area contributed by atoms with Crippen molar-refractivity contribution in [2.24, 2.45) is 0 Å². The molecule has 0 aliphatic carbocycles. The first-order valence-electron chi connectivity index (χ1n) is 11.4. The molecule has 12 heteroatoms. The Morgan fingerprint density at radius 3 is 2.51 bits per heavy atom. The summed E-state index contributed by atoms with van der Waals surface area (Å²) >= 11 is 0. The van der Waals surface area contributed by atoms with Crippen LogP contribution in [0, 0.1) is 11.6 Å². The molecule has 4 rings (SSSR count). The van der Waals surface area contributed by atoms with Crippen LogP contribution in [0.5, 0.6) is 0 Å². The van der Waals surface area contributed by atoms with Gasteiger partial charge in [0, 0.05) is 43.1 Å². The van der Waals surface area contributed by atoms with Crippen LogP contribution in [-0.2, 0) is 33.8 Å². The van der Waals surface area contributed by atoms with Crippen molar-refractivity contribution in [2.45, 2.75) is 30.4 Å². The number of pyridine rings is 1.